The van der Waals surface area contributed by atoms with Crippen molar-refractivity contribution in [1.29, 1.82) is 0 Å². The van der Waals surface area contributed by atoms with E-state index in [1.165, 1.54) is 10.4 Å². The predicted octanol–water partition coefficient (Wildman–Crippen LogP) is 2.56. The molecule has 0 saturated heterocycles. The van der Waals surface area contributed by atoms with Crippen LogP contribution in [-0.2, 0) is 13.1 Å². The highest BCUT2D eigenvalue weighted by molar-refractivity contribution is 7.11. The van der Waals surface area contributed by atoms with E-state index in [0.29, 0.717) is 0 Å². The summed E-state index contributed by atoms with van der Waals surface area (Å²) in [5, 5.41) is 7.82. The lowest BCUT2D eigenvalue weighted by Gasteiger charge is -2.18. The normalized spacial score (nSPS) is 11.8. The van der Waals surface area contributed by atoms with Crippen LogP contribution in [0, 0.1) is 13.8 Å². The van der Waals surface area contributed by atoms with Gasteiger partial charge >= 0.3 is 0 Å². The van der Waals surface area contributed by atoms with Crippen molar-refractivity contribution in [3.63, 3.8) is 0 Å². The van der Waals surface area contributed by atoms with Gasteiger partial charge in [-0.3, -0.25) is 4.99 Å². The third-order valence-electron chi connectivity index (χ3n) is 3.72. The molecule has 0 atom stereocenters. The number of aliphatic imine (C=N–C) groups is 1. The summed E-state index contributed by atoms with van der Waals surface area (Å²) in [7, 11) is 3.93. The summed E-state index contributed by atoms with van der Waals surface area (Å²) in [5.74, 6) is 0.827. The Kier molecular flexibility index (Phi) is 7.21. The highest BCUT2D eigenvalue weighted by atomic mass is 32.1. The molecule has 0 fully saturated rings. The monoisotopic (exact) mass is 345 g/mol. The number of hydrogen-bond acceptors (Lipinski definition) is 4. The molecule has 0 saturated carbocycles. The van der Waals surface area contributed by atoms with Crippen molar-refractivity contribution in [2.75, 3.05) is 27.2 Å². The van der Waals surface area contributed by atoms with Crippen molar-refractivity contribution in [2.45, 2.75) is 26.9 Å². The number of hydrogen-bond donors (Lipinski definition) is 2. The van der Waals surface area contributed by atoms with Gasteiger partial charge in [0.2, 0.25) is 0 Å². The fourth-order valence-electron chi connectivity index (χ4n) is 2.46. The number of nitrogens with one attached hydrogen (secondary N) is 2. The van der Waals surface area contributed by atoms with Gasteiger partial charge in [-0.1, -0.05) is 30.3 Å². The molecule has 0 aliphatic rings. The van der Waals surface area contributed by atoms with Crippen LogP contribution in [0.1, 0.15) is 21.1 Å². The molecule has 1 heterocycles. The molecule has 24 heavy (non-hydrogen) atoms. The molecule has 0 radical (unpaired) electrons. The molecule has 2 aromatic rings. The van der Waals surface area contributed by atoms with E-state index in [-0.39, 0.29) is 0 Å². The second-order valence-corrected chi connectivity index (χ2v) is 7.11. The Balaban J connectivity index is 1.70. The predicted molar refractivity (Wildman–Crippen MR) is 103 cm³/mol. The average molecular weight is 346 g/mol. The number of aromatic nitrogens is 1. The van der Waals surface area contributed by atoms with Crippen molar-refractivity contribution in [3.8, 4) is 0 Å². The minimum atomic E-state index is 0.761. The number of likely N-dealkylation sites (N-methyl/N-ethyl adjacent to an activating group) is 1. The number of nitrogens with zero attached hydrogens (tertiary/aromatic N) is 3. The van der Waals surface area contributed by atoms with Crippen molar-refractivity contribution in [1.82, 2.24) is 20.5 Å². The zero-order chi connectivity index (χ0) is 17.4. The lowest BCUT2D eigenvalue weighted by Crippen LogP contribution is -2.40. The highest BCUT2D eigenvalue weighted by Gasteiger charge is 2.06. The van der Waals surface area contributed by atoms with Gasteiger partial charge in [-0.05, 0) is 26.5 Å². The Labute approximate surface area is 148 Å². The molecule has 0 aliphatic heterocycles. The standard InChI is InChI=1S/C18H27N5S/c1-14-17(24-15(2)22-14)12-21-18(19-3)20-10-11-23(4)13-16-8-6-5-7-9-16/h5-9H,10-13H2,1-4H3,(H2,19,20,21). The first-order valence-corrected chi connectivity index (χ1v) is 9.00. The summed E-state index contributed by atoms with van der Waals surface area (Å²) >= 11 is 1.73. The number of guanidine groups is 1. The van der Waals surface area contributed by atoms with Gasteiger partial charge in [-0.2, -0.15) is 0 Å². The van der Waals surface area contributed by atoms with Crippen LogP contribution >= 0.6 is 11.3 Å². The molecule has 0 bridgehead atoms. The highest BCUT2D eigenvalue weighted by Crippen LogP contribution is 2.16. The molecule has 2 N–H and O–H groups in total. The third-order valence-corrected chi connectivity index (χ3v) is 4.79. The average Bonchev–Trinajstić information content (AvgIpc) is 2.89. The smallest absolute Gasteiger partial charge is 0.191 e. The fourth-order valence-corrected chi connectivity index (χ4v) is 3.34. The van der Waals surface area contributed by atoms with E-state index in [1.54, 1.807) is 18.4 Å². The van der Waals surface area contributed by atoms with Gasteiger partial charge in [0.25, 0.3) is 0 Å². The van der Waals surface area contributed by atoms with Gasteiger partial charge in [0.05, 0.1) is 17.2 Å². The van der Waals surface area contributed by atoms with Crippen LogP contribution in [0.4, 0.5) is 0 Å². The molecule has 0 spiro atoms. The molecule has 2 rings (SSSR count). The Morgan fingerprint density at radius 2 is 1.96 bits per heavy atom. The molecule has 1 aromatic carbocycles. The van der Waals surface area contributed by atoms with Gasteiger partial charge in [-0.25, -0.2) is 4.98 Å². The summed E-state index contributed by atoms with van der Waals surface area (Å²) in [5.41, 5.74) is 2.43. The van der Waals surface area contributed by atoms with Crippen LogP contribution in [0.3, 0.4) is 0 Å². The molecule has 0 unspecified atom stereocenters. The number of rotatable bonds is 7. The first-order valence-electron chi connectivity index (χ1n) is 8.18. The van der Waals surface area contributed by atoms with E-state index in [4.69, 9.17) is 0 Å². The first kappa shape index (κ1) is 18.4. The SMILES string of the molecule is CN=C(NCCN(C)Cc1ccccc1)NCc1sc(C)nc1C. The Morgan fingerprint density at radius 3 is 2.58 bits per heavy atom. The molecule has 6 heteroatoms. The topological polar surface area (TPSA) is 52.6 Å². The molecule has 1 aromatic heterocycles. The van der Waals surface area contributed by atoms with Gasteiger partial charge in [0.1, 0.15) is 0 Å². The minimum absolute atomic E-state index is 0.761. The number of thiazole rings is 1. The van der Waals surface area contributed by atoms with Crippen molar-refractivity contribution >= 4 is 17.3 Å². The van der Waals surface area contributed by atoms with Gasteiger partial charge < -0.3 is 15.5 Å². The zero-order valence-electron chi connectivity index (χ0n) is 15.0. The molecule has 0 aliphatic carbocycles. The van der Waals surface area contributed by atoms with Crippen LogP contribution in [-0.4, -0.2) is 43.0 Å². The molecule has 130 valence electrons. The van der Waals surface area contributed by atoms with Crippen LogP contribution < -0.4 is 10.6 Å². The molecular formula is C18H27N5S. The maximum Gasteiger partial charge on any atom is 0.191 e. The molecular weight excluding hydrogens is 318 g/mol. The summed E-state index contributed by atoms with van der Waals surface area (Å²) < 4.78 is 0. The molecule has 0 amide bonds. The van der Waals surface area contributed by atoms with Gasteiger partial charge in [0.15, 0.2) is 5.96 Å². The van der Waals surface area contributed by atoms with Crippen LogP contribution in [0.25, 0.3) is 0 Å². The van der Waals surface area contributed by atoms with E-state index < -0.39 is 0 Å². The van der Waals surface area contributed by atoms with E-state index in [9.17, 15) is 0 Å². The van der Waals surface area contributed by atoms with E-state index >= 15 is 0 Å². The Bertz CT molecular complexity index is 651. The third kappa shape index (κ3) is 5.94. The van der Waals surface area contributed by atoms with Crippen LogP contribution in [0.5, 0.6) is 0 Å². The second-order valence-electron chi connectivity index (χ2n) is 5.82. The zero-order valence-corrected chi connectivity index (χ0v) is 15.8. The van der Waals surface area contributed by atoms with Crippen LogP contribution in [0.2, 0.25) is 0 Å². The minimum Gasteiger partial charge on any atom is -0.355 e. The summed E-state index contributed by atoms with van der Waals surface area (Å²) in [4.78, 5) is 12.3. The van der Waals surface area contributed by atoms with E-state index in [1.807, 2.05) is 13.0 Å². The lowest BCUT2D eigenvalue weighted by atomic mass is 10.2. The van der Waals surface area contributed by atoms with Crippen molar-refractivity contribution in [2.24, 2.45) is 4.99 Å². The second kappa shape index (κ2) is 9.39. The maximum absolute atomic E-state index is 4.45. The van der Waals surface area contributed by atoms with Gasteiger partial charge in [0, 0.05) is 31.6 Å². The summed E-state index contributed by atoms with van der Waals surface area (Å²) in [6, 6.07) is 10.5. The van der Waals surface area contributed by atoms with Gasteiger partial charge in [-0.15, -0.1) is 11.3 Å². The number of aryl methyl sites for hydroxylation is 2. The van der Waals surface area contributed by atoms with Crippen LogP contribution in [0.15, 0.2) is 35.3 Å². The van der Waals surface area contributed by atoms with E-state index in [2.05, 4.69) is 63.7 Å². The summed E-state index contributed by atoms with van der Waals surface area (Å²) in [6.07, 6.45) is 0. The fraction of sp³-hybridized carbons (Fsp3) is 0.444. The first-order chi connectivity index (χ1) is 11.6. The number of benzene rings is 1. The van der Waals surface area contributed by atoms with E-state index in [0.717, 1.165) is 42.8 Å². The Hall–Kier alpha value is -1.92. The lowest BCUT2D eigenvalue weighted by molar-refractivity contribution is 0.331. The largest absolute Gasteiger partial charge is 0.355 e. The molecule has 5 nitrogen and oxygen atoms in total. The van der Waals surface area contributed by atoms with Crippen molar-refractivity contribution < 1.29 is 0 Å². The van der Waals surface area contributed by atoms with Crippen molar-refractivity contribution in [3.05, 3.63) is 51.5 Å². The summed E-state index contributed by atoms with van der Waals surface area (Å²) in [6.45, 7) is 7.61. The Morgan fingerprint density at radius 1 is 1.21 bits per heavy atom. The maximum atomic E-state index is 4.45. The quantitative estimate of drug-likeness (QED) is 0.598.